The van der Waals surface area contributed by atoms with Crippen LogP contribution in [0, 0.1) is 0 Å². The number of amides is 1. The van der Waals surface area contributed by atoms with Crippen molar-refractivity contribution in [2.45, 2.75) is 11.8 Å². The van der Waals surface area contributed by atoms with Crippen LogP contribution in [0.4, 0.5) is 5.69 Å². The topological polar surface area (TPSA) is 79.0 Å². The molecule has 1 heterocycles. The zero-order valence-corrected chi connectivity index (χ0v) is 18.8. The molecule has 1 saturated heterocycles. The lowest BCUT2D eigenvalue weighted by atomic mass is 10.2. The van der Waals surface area contributed by atoms with Crippen LogP contribution in [0.3, 0.4) is 0 Å². The minimum atomic E-state index is -3.61. The lowest BCUT2D eigenvalue weighted by Crippen LogP contribution is -2.48. The maximum atomic E-state index is 13.0. The molecule has 0 aliphatic carbocycles. The molecule has 2 aromatic rings. The lowest BCUT2D eigenvalue weighted by Gasteiger charge is -2.33. The molecule has 0 bridgehead atoms. The van der Waals surface area contributed by atoms with Crippen LogP contribution in [0.2, 0.25) is 0 Å². The molecule has 0 aromatic heterocycles. The molecule has 1 fully saturated rings. The third-order valence-corrected chi connectivity index (χ3v) is 7.51. The van der Waals surface area contributed by atoms with Gasteiger partial charge in [-0.1, -0.05) is 13.0 Å². The Balaban J connectivity index is 1.78. The fraction of sp³-hybridized carbons (Fsp3) is 0.350. The summed E-state index contributed by atoms with van der Waals surface area (Å²) in [6, 6.07) is 11.4. The molecular formula is C20H24BrN3O4S. The molecule has 0 radical (unpaired) electrons. The molecule has 9 heteroatoms. The number of piperazine rings is 1. The first-order valence-corrected chi connectivity index (χ1v) is 11.6. The largest absolute Gasteiger partial charge is 0.497 e. The summed E-state index contributed by atoms with van der Waals surface area (Å²) < 4.78 is 33.3. The number of carbonyl (C=O) groups excluding carboxylic acids is 1. The highest BCUT2D eigenvalue weighted by Crippen LogP contribution is 2.25. The van der Waals surface area contributed by atoms with Gasteiger partial charge in [-0.15, -0.1) is 0 Å². The Morgan fingerprint density at radius 2 is 1.86 bits per heavy atom. The average molecular weight is 482 g/mol. The third-order valence-electron chi connectivity index (χ3n) is 4.93. The number of nitrogens with one attached hydrogen (secondary N) is 1. The summed E-state index contributed by atoms with van der Waals surface area (Å²) in [5.74, 6) is 0.197. The maximum Gasteiger partial charge on any atom is 0.256 e. The second kappa shape index (κ2) is 9.25. The fourth-order valence-electron chi connectivity index (χ4n) is 3.17. The van der Waals surface area contributed by atoms with Gasteiger partial charge in [-0.05, 0) is 58.9 Å². The number of sulfonamides is 1. The van der Waals surface area contributed by atoms with Gasteiger partial charge in [0.15, 0.2) is 0 Å². The molecule has 156 valence electrons. The summed E-state index contributed by atoms with van der Waals surface area (Å²) in [4.78, 5) is 15.1. The summed E-state index contributed by atoms with van der Waals surface area (Å²) >= 11 is 3.36. The number of likely N-dealkylation sites (N-methyl/N-ethyl adjacent to an activating group) is 1. The van der Waals surface area contributed by atoms with Crippen LogP contribution < -0.4 is 10.1 Å². The molecule has 0 atom stereocenters. The van der Waals surface area contributed by atoms with Gasteiger partial charge in [0, 0.05) is 36.3 Å². The third kappa shape index (κ3) is 4.98. The van der Waals surface area contributed by atoms with E-state index in [1.165, 1.54) is 17.5 Å². The number of halogens is 1. The van der Waals surface area contributed by atoms with Crippen molar-refractivity contribution in [2.75, 3.05) is 45.2 Å². The highest BCUT2D eigenvalue weighted by Gasteiger charge is 2.28. The van der Waals surface area contributed by atoms with Crippen LogP contribution in [0.1, 0.15) is 17.3 Å². The average Bonchev–Trinajstić information content (AvgIpc) is 2.74. The molecule has 0 saturated carbocycles. The predicted molar refractivity (Wildman–Crippen MR) is 116 cm³/mol. The van der Waals surface area contributed by atoms with Crippen molar-refractivity contribution in [1.82, 2.24) is 9.21 Å². The Morgan fingerprint density at radius 3 is 2.52 bits per heavy atom. The molecule has 0 spiro atoms. The molecule has 1 N–H and O–H groups in total. The first-order valence-electron chi connectivity index (χ1n) is 9.32. The zero-order chi connectivity index (χ0) is 21.0. The highest BCUT2D eigenvalue weighted by atomic mass is 79.9. The number of rotatable bonds is 6. The van der Waals surface area contributed by atoms with Crippen molar-refractivity contribution in [2.24, 2.45) is 0 Å². The van der Waals surface area contributed by atoms with Crippen molar-refractivity contribution in [3.8, 4) is 5.75 Å². The minimum absolute atomic E-state index is 0.171. The Hall–Kier alpha value is -1.94. The van der Waals surface area contributed by atoms with Gasteiger partial charge in [0.25, 0.3) is 5.91 Å². The standard InChI is InChI=1S/C20H24BrN3O4S/c1-3-23-9-11-24(12-10-23)29(26,27)17-6-4-5-15(13-17)22-20(25)18-14-16(28-2)7-8-19(18)21/h4-8,13-14H,3,9-12H2,1-2H3,(H,22,25). The quantitative estimate of drug-likeness (QED) is 0.685. The van der Waals surface area contributed by atoms with Crippen LogP contribution in [0.5, 0.6) is 5.75 Å². The normalized spacial score (nSPS) is 15.8. The van der Waals surface area contributed by atoms with Crippen LogP contribution in [-0.2, 0) is 10.0 Å². The first kappa shape index (κ1) is 21.8. The molecule has 29 heavy (non-hydrogen) atoms. The first-order chi connectivity index (χ1) is 13.8. The summed E-state index contributed by atoms with van der Waals surface area (Å²) in [5, 5.41) is 2.77. The number of benzene rings is 2. The van der Waals surface area contributed by atoms with E-state index in [1.807, 2.05) is 0 Å². The van der Waals surface area contributed by atoms with Crippen molar-refractivity contribution in [3.05, 3.63) is 52.5 Å². The number of methoxy groups -OCH3 is 1. The number of hydrogen-bond acceptors (Lipinski definition) is 5. The van der Waals surface area contributed by atoms with Crippen molar-refractivity contribution < 1.29 is 17.9 Å². The van der Waals surface area contributed by atoms with E-state index in [9.17, 15) is 13.2 Å². The van der Waals surface area contributed by atoms with Crippen LogP contribution in [0.25, 0.3) is 0 Å². The van der Waals surface area contributed by atoms with Crippen molar-refractivity contribution in [1.29, 1.82) is 0 Å². The van der Waals surface area contributed by atoms with E-state index in [0.29, 0.717) is 34.6 Å². The molecule has 1 aliphatic rings. The Bertz CT molecular complexity index is 989. The van der Waals surface area contributed by atoms with E-state index in [0.717, 1.165) is 19.6 Å². The molecular weight excluding hydrogens is 458 g/mol. The number of hydrogen-bond donors (Lipinski definition) is 1. The monoisotopic (exact) mass is 481 g/mol. The van der Waals surface area contributed by atoms with E-state index >= 15 is 0 Å². The summed E-state index contributed by atoms with van der Waals surface area (Å²) in [6.45, 7) is 5.34. The molecule has 0 unspecified atom stereocenters. The summed E-state index contributed by atoms with van der Waals surface area (Å²) in [7, 11) is -2.08. The Morgan fingerprint density at radius 1 is 1.14 bits per heavy atom. The SMILES string of the molecule is CCN1CCN(S(=O)(=O)c2cccc(NC(=O)c3cc(OC)ccc3Br)c2)CC1. The second-order valence-electron chi connectivity index (χ2n) is 6.67. The van der Waals surface area contributed by atoms with E-state index in [4.69, 9.17) is 4.74 Å². The maximum absolute atomic E-state index is 13.0. The number of anilines is 1. The molecule has 3 rings (SSSR count). The van der Waals surface area contributed by atoms with Gasteiger partial charge in [0.1, 0.15) is 5.75 Å². The molecule has 7 nitrogen and oxygen atoms in total. The lowest BCUT2D eigenvalue weighted by molar-refractivity contribution is 0.102. The van der Waals surface area contributed by atoms with Crippen molar-refractivity contribution in [3.63, 3.8) is 0 Å². The van der Waals surface area contributed by atoms with Gasteiger partial charge < -0.3 is 15.0 Å². The van der Waals surface area contributed by atoms with Gasteiger partial charge in [-0.2, -0.15) is 4.31 Å². The predicted octanol–water partition coefficient (Wildman–Crippen LogP) is 3.04. The number of nitrogens with zero attached hydrogens (tertiary/aromatic N) is 2. The highest BCUT2D eigenvalue weighted by molar-refractivity contribution is 9.10. The van der Waals surface area contributed by atoms with E-state index in [-0.39, 0.29) is 10.8 Å². The second-order valence-corrected chi connectivity index (χ2v) is 9.46. The van der Waals surface area contributed by atoms with Gasteiger partial charge in [0.2, 0.25) is 10.0 Å². The molecule has 1 amide bonds. The van der Waals surface area contributed by atoms with E-state index < -0.39 is 10.0 Å². The van der Waals surface area contributed by atoms with E-state index in [1.54, 1.807) is 36.4 Å². The van der Waals surface area contributed by atoms with Crippen LogP contribution in [-0.4, -0.2) is 63.4 Å². The number of carbonyl (C=O) groups is 1. The molecule has 1 aliphatic heterocycles. The van der Waals surface area contributed by atoms with Crippen LogP contribution in [0.15, 0.2) is 51.8 Å². The van der Waals surface area contributed by atoms with Gasteiger partial charge in [-0.25, -0.2) is 8.42 Å². The van der Waals surface area contributed by atoms with E-state index in [2.05, 4.69) is 33.1 Å². The van der Waals surface area contributed by atoms with Gasteiger partial charge in [0.05, 0.1) is 17.6 Å². The minimum Gasteiger partial charge on any atom is -0.497 e. The van der Waals surface area contributed by atoms with Gasteiger partial charge >= 0.3 is 0 Å². The number of ether oxygens (including phenoxy) is 1. The van der Waals surface area contributed by atoms with Crippen LogP contribution >= 0.6 is 15.9 Å². The Labute approximate surface area is 179 Å². The van der Waals surface area contributed by atoms with Crippen molar-refractivity contribution >= 4 is 37.5 Å². The summed E-state index contributed by atoms with van der Waals surface area (Å²) in [6.07, 6.45) is 0. The fourth-order valence-corrected chi connectivity index (χ4v) is 5.07. The zero-order valence-electron chi connectivity index (χ0n) is 16.4. The summed E-state index contributed by atoms with van der Waals surface area (Å²) in [5.41, 5.74) is 0.811. The Kier molecular flexibility index (Phi) is 6.94. The van der Waals surface area contributed by atoms with Gasteiger partial charge in [-0.3, -0.25) is 4.79 Å². The molecule has 2 aromatic carbocycles. The smallest absolute Gasteiger partial charge is 0.256 e.